The summed E-state index contributed by atoms with van der Waals surface area (Å²) in [6.07, 6.45) is 1.87. The van der Waals surface area contributed by atoms with Gasteiger partial charge in [-0.2, -0.15) is 0 Å². The van der Waals surface area contributed by atoms with Crippen molar-refractivity contribution in [2.45, 2.75) is 37.1 Å². The molecule has 3 N–H and O–H groups in total. The molecule has 23 heavy (non-hydrogen) atoms. The predicted molar refractivity (Wildman–Crippen MR) is 83.5 cm³/mol. The van der Waals surface area contributed by atoms with Gasteiger partial charge in [0.25, 0.3) is 5.91 Å². The number of hydrogen-bond donors (Lipinski definition) is 3. The second-order valence-electron chi connectivity index (χ2n) is 5.80. The third-order valence-corrected chi connectivity index (χ3v) is 4.95. The molecule has 1 aliphatic rings. The van der Waals surface area contributed by atoms with Gasteiger partial charge in [-0.05, 0) is 43.9 Å². The van der Waals surface area contributed by atoms with E-state index in [1.165, 1.54) is 24.3 Å². The number of amides is 1. The Labute approximate surface area is 135 Å². The van der Waals surface area contributed by atoms with E-state index >= 15 is 0 Å². The Bertz CT molecular complexity index is 698. The number of aliphatic carboxylic acids is 1. The second-order valence-corrected chi connectivity index (χ2v) is 7.56. The topological polar surface area (TPSA) is 113 Å². The number of benzene rings is 1. The van der Waals surface area contributed by atoms with Crippen LogP contribution in [0.15, 0.2) is 29.2 Å². The van der Waals surface area contributed by atoms with Crippen molar-refractivity contribution in [1.29, 1.82) is 0 Å². The minimum atomic E-state index is -3.64. The molecule has 2 rings (SSSR count). The standard InChI is InChI=1S/C15H20N2O5S/c1-10(7-14(18)19)17-15(20)12-3-2-4-13(8-12)23(21,22)16-9-11-5-6-11/h2-4,8,10-11,16H,5-7,9H2,1H3,(H,17,20)(H,18,19). The van der Waals surface area contributed by atoms with Crippen LogP contribution < -0.4 is 10.0 Å². The highest BCUT2D eigenvalue weighted by Gasteiger charge is 2.24. The maximum Gasteiger partial charge on any atom is 0.305 e. The molecule has 0 aromatic heterocycles. The van der Waals surface area contributed by atoms with Gasteiger partial charge in [0.15, 0.2) is 0 Å². The quantitative estimate of drug-likeness (QED) is 0.653. The molecule has 1 aromatic rings. The van der Waals surface area contributed by atoms with Crippen LogP contribution in [0.5, 0.6) is 0 Å². The first-order chi connectivity index (χ1) is 10.8. The fraction of sp³-hybridized carbons (Fsp3) is 0.467. The van der Waals surface area contributed by atoms with Gasteiger partial charge in [0.1, 0.15) is 0 Å². The first kappa shape index (κ1) is 17.4. The maximum atomic E-state index is 12.2. The molecule has 0 bridgehead atoms. The summed E-state index contributed by atoms with van der Waals surface area (Å²) in [6, 6.07) is 5.14. The first-order valence-electron chi connectivity index (χ1n) is 7.40. The van der Waals surface area contributed by atoms with Crippen molar-refractivity contribution >= 4 is 21.9 Å². The van der Waals surface area contributed by atoms with Crippen molar-refractivity contribution in [2.75, 3.05) is 6.54 Å². The van der Waals surface area contributed by atoms with Gasteiger partial charge in [-0.25, -0.2) is 13.1 Å². The molecule has 0 saturated heterocycles. The molecule has 8 heteroatoms. The molecular weight excluding hydrogens is 320 g/mol. The van der Waals surface area contributed by atoms with Crippen molar-refractivity contribution in [1.82, 2.24) is 10.0 Å². The highest BCUT2D eigenvalue weighted by atomic mass is 32.2. The van der Waals surface area contributed by atoms with Crippen LogP contribution in [-0.2, 0) is 14.8 Å². The zero-order valence-corrected chi connectivity index (χ0v) is 13.6. The van der Waals surface area contributed by atoms with Crippen molar-refractivity contribution < 1.29 is 23.1 Å². The minimum absolute atomic E-state index is 0.0247. The maximum absolute atomic E-state index is 12.2. The highest BCUT2D eigenvalue weighted by Crippen LogP contribution is 2.28. The van der Waals surface area contributed by atoms with Gasteiger partial charge in [-0.3, -0.25) is 9.59 Å². The van der Waals surface area contributed by atoms with Crippen molar-refractivity contribution in [3.8, 4) is 0 Å². The van der Waals surface area contributed by atoms with Crippen LogP contribution in [-0.4, -0.2) is 38.0 Å². The fourth-order valence-electron chi connectivity index (χ4n) is 2.06. The summed E-state index contributed by atoms with van der Waals surface area (Å²) < 4.78 is 26.9. The molecule has 0 spiro atoms. The second kappa shape index (κ2) is 7.10. The van der Waals surface area contributed by atoms with Crippen LogP contribution in [0.2, 0.25) is 0 Å². The Balaban J connectivity index is 2.05. The number of carboxylic acids is 1. The molecule has 1 aliphatic carbocycles. The molecule has 0 aliphatic heterocycles. The summed E-state index contributed by atoms with van der Waals surface area (Å²) in [5.74, 6) is -1.11. The number of carboxylic acid groups (broad SMARTS) is 1. The van der Waals surface area contributed by atoms with Crippen LogP contribution >= 0.6 is 0 Å². The SMILES string of the molecule is CC(CC(=O)O)NC(=O)c1cccc(S(=O)(=O)NCC2CC2)c1. The van der Waals surface area contributed by atoms with E-state index in [0.717, 1.165) is 12.8 Å². The monoisotopic (exact) mass is 340 g/mol. The zero-order valence-electron chi connectivity index (χ0n) is 12.8. The summed E-state index contributed by atoms with van der Waals surface area (Å²) in [4.78, 5) is 22.7. The van der Waals surface area contributed by atoms with E-state index in [2.05, 4.69) is 10.0 Å². The third kappa shape index (κ3) is 5.33. The molecule has 126 valence electrons. The van der Waals surface area contributed by atoms with Gasteiger partial charge in [0.2, 0.25) is 10.0 Å². The number of nitrogens with one attached hydrogen (secondary N) is 2. The Morgan fingerprint density at radius 1 is 1.35 bits per heavy atom. The summed E-state index contributed by atoms with van der Waals surface area (Å²) in [7, 11) is -3.64. The summed E-state index contributed by atoms with van der Waals surface area (Å²) >= 11 is 0. The van der Waals surface area contributed by atoms with E-state index in [1.807, 2.05) is 0 Å². The average molecular weight is 340 g/mol. The molecule has 0 radical (unpaired) electrons. The smallest absolute Gasteiger partial charge is 0.305 e. The Hall–Kier alpha value is -1.93. The van der Waals surface area contributed by atoms with Gasteiger partial charge in [-0.15, -0.1) is 0 Å². The normalized spacial score (nSPS) is 15.9. The van der Waals surface area contributed by atoms with E-state index < -0.39 is 27.9 Å². The molecule has 1 fully saturated rings. The molecule has 7 nitrogen and oxygen atoms in total. The number of sulfonamides is 1. The highest BCUT2D eigenvalue weighted by molar-refractivity contribution is 7.89. The molecule has 1 atom stereocenters. The lowest BCUT2D eigenvalue weighted by atomic mass is 10.2. The van der Waals surface area contributed by atoms with E-state index in [9.17, 15) is 18.0 Å². The van der Waals surface area contributed by atoms with E-state index in [0.29, 0.717) is 12.5 Å². The fourth-order valence-corrected chi connectivity index (χ4v) is 3.22. The van der Waals surface area contributed by atoms with Crippen LogP contribution in [0, 0.1) is 5.92 Å². The molecule has 1 unspecified atom stereocenters. The van der Waals surface area contributed by atoms with E-state index in [-0.39, 0.29) is 16.9 Å². The van der Waals surface area contributed by atoms with Crippen molar-refractivity contribution in [2.24, 2.45) is 5.92 Å². The Morgan fingerprint density at radius 2 is 2.04 bits per heavy atom. The number of hydrogen-bond acceptors (Lipinski definition) is 4. The van der Waals surface area contributed by atoms with Crippen molar-refractivity contribution in [3.63, 3.8) is 0 Å². The van der Waals surface area contributed by atoms with Crippen LogP contribution in [0.3, 0.4) is 0 Å². The lowest BCUT2D eigenvalue weighted by Crippen LogP contribution is -2.34. The van der Waals surface area contributed by atoms with Crippen molar-refractivity contribution in [3.05, 3.63) is 29.8 Å². The van der Waals surface area contributed by atoms with Gasteiger partial charge in [-0.1, -0.05) is 6.07 Å². The zero-order chi connectivity index (χ0) is 17.0. The van der Waals surface area contributed by atoms with Crippen LogP contribution in [0.4, 0.5) is 0 Å². The molecular formula is C15H20N2O5S. The first-order valence-corrected chi connectivity index (χ1v) is 8.88. The lowest BCUT2D eigenvalue weighted by molar-refractivity contribution is -0.137. The molecule has 0 heterocycles. The third-order valence-electron chi connectivity index (χ3n) is 3.52. The number of carbonyl (C=O) groups is 2. The van der Waals surface area contributed by atoms with E-state index in [1.54, 1.807) is 6.92 Å². The van der Waals surface area contributed by atoms with Gasteiger partial charge in [0.05, 0.1) is 11.3 Å². The average Bonchev–Trinajstić information content (AvgIpc) is 3.28. The summed E-state index contributed by atoms with van der Waals surface area (Å²) in [6.45, 7) is 1.98. The van der Waals surface area contributed by atoms with Crippen LogP contribution in [0.25, 0.3) is 0 Å². The van der Waals surface area contributed by atoms with Crippen LogP contribution in [0.1, 0.15) is 36.5 Å². The van der Waals surface area contributed by atoms with Gasteiger partial charge >= 0.3 is 5.97 Å². The van der Waals surface area contributed by atoms with Gasteiger partial charge < -0.3 is 10.4 Å². The molecule has 1 aromatic carbocycles. The Morgan fingerprint density at radius 3 is 2.65 bits per heavy atom. The lowest BCUT2D eigenvalue weighted by Gasteiger charge is -2.12. The molecule has 1 saturated carbocycles. The Kier molecular flexibility index (Phi) is 5.38. The predicted octanol–water partition coefficient (Wildman–Crippen LogP) is 0.968. The summed E-state index contributed by atoms with van der Waals surface area (Å²) in [5.41, 5.74) is 0.177. The molecule has 1 amide bonds. The number of carbonyl (C=O) groups excluding carboxylic acids is 1. The number of rotatable bonds is 8. The largest absolute Gasteiger partial charge is 0.481 e. The summed E-state index contributed by atoms with van der Waals surface area (Å²) in [5, 5.41) is 11.2. The van der Waals surface area contributed by atoms with E-state index in [4.69, 9.17) is 5.11 Å². The van der Waals surface area contributed by atoms with Gasteiger partial charge in [0, 0.05) is 18.2 Å². The minimum Gasteiger partial charge on any atom is -0.481 e.